The molecule has 0 amide bonds. The fourth-order valence-electron chi connectivity index (χ4n) is 6.47. The number of aliphatic hydroxyl groups excluding tert-OH is 2. The number of aliphatic hydroxyl groups is 2. The molecule has 6 aromatic carbocycles. The average molecular weight is 1080 g/mol. The molecule has 0 fully saturated rings. The maximum absolute atomic E-state index is 12.1. The van der Waals surface area contributed by atoms with Gasteiger partial charge < -0.3 is 44.0 Å². The van der Waals surface area contributed by atoms with Gasteiger partial charge in [0.15, 0.2) is 0 Å². The molecule has 0 saturated carbocycles. The third-order valence-corrected chi connectivity index (χ3v) is 12.9. The monoisotopic (exact) mass is 1080 g/mol. The van der Waals surface area contributed by atoms with Crippen molar-refractivity contribution in [1.82, 2.24) is 15.0 Å². The van der Waals surface area contributed by atoms with Crippen molar-refractivity contribution in [3.05, 3.63) is 109 Å². The zero-order valence-electron chi connectivity index (χ0n) is 37.7. The van der Waals surface area contributed by atoms with Crippen LogP contribution >= 0.6 is 0 Å². The molecule has 7 aromatic rings. The van der Waals surface area contributed by atoms with Crippen molar-refractivity contribution < 1.29 is 180 Å². The van der Waals surface area contributed by atoms with E-state index in [0.29, 0.717) is 11.4 Å². The maximum atomic E-state index is 12.1. The molecule has 0 saturated heterocycles. The van der Waals surface area contributed by atoms with E-state index < -0.39 is 60.1 Å². The number of nitrogens with zero attached hydrogens (tertiary/aromatic N) is 8. The minimum absolute atomic E-state index is 0. The van der Waals surface area contributed by atoms with Crippen LogP contribution in [-0.2, 0) is 40.5 Å². The van der Waals surface area contributed by atoms with Crippen LogP contribution in [0.15, 0.2) is 149 Å². The topological polar surface area (TPSA) is 385 Å². The van der Waals surface area contributed by atoms with Gasteiger partial charge in [-0.1, -0.05) is 24.3 Å². The Morgan fingerprint density at radius 2 is 0.775 bits per heavy atom. The molecule has 0 atom stereocenters. The van der Waals surface area contributed by atoms with Crippen molar-refractivity contribution in [1.29, 1.82) is 0 Å². The minimum Gasteiger partial charge on any atom is -0.744 e. The fraction of sp³-hybridized carbons (Fsp3) is 0.103. The Hall–Kier alpha value is -2.99. The molecule has 0 aliphatic rings. The van der Waals surface area contributed by atoms with E-state index in [4.69, 9.17) is 0 Å². The Balaban J connectivity index is 0.00000333. The number of aromatic nitrogens is 3. The second-order valence-corrected chi connectivity index (χ2v) is 19.3. The third-order valence-electron chi connectivity index (χ3n) is 9.34. The van der Waals surface area contributed by atoms with Crippen molar-refractivity contribution in [2.24, 2.45) is 20.5 Å². The van der Waals surface area contributed by atoms with Crippen LogP contribution in [0.1, 0.15) is 0 Å². The van der Waals surface area contributed by atoms with Crippen LogP contribution in [0.5, 0.6) is 0 Å². The summed E-state index contributed by atoms with van der Waals surface area (Å²) in [6.45, 7) is -0.573. The summed E-state index contributed by atoms with van der Waals surface area (Å²) >= 11 is 0. The number of hydrogen-bond donors (Lipinski definition) is 4. The van der Waals surface area contributed by atoms with Gasteiger partial charge in [-0.15, -0.1) is 0 Å². The first-order valence-corrected chi connectivity index (χ1v) is 24.5. The number of fused-ring (bicyclic) bond motifs is 2. The molecule has 24 nitrogen and oxygen atoms in total. The molecule has 32 heteroatoms. The Labute approximate surface area is 494 Å². The first kappa shape index (κ1) is 62.3. The Kier molecular flexibility index (Phi) is 22.8. The number of nitrogens with one attached hydrogen (secondary N) is 2. The molecule has 0 bridgehead atoms. The summed E-state index contributed by atoms with van der Waals surface area (Å²) in [5.41, 5.74) is 0.755. The van der Waals surface area contributed by atoms with E-state index in [1.165, 1.54) is 65.6 Å². The second-order valence-electron chi connectivity index (χ2n) is 13.9. The SMILES string of the molecule is O=S(=O)([O-])c1cc(N=Nc2ccc(Nc3nc(Nc4ccc(N=Nc5cc(S(=O)(=O)[O-])c6cccc(S(=O)(=O)[O-])c6c5)cc4)nc(N(CCO)CCO)n3)cc2)cc2c(S(=O)(=O)[O-])cccc12.[Na+].[Na+].[Na+].[Na+]. The van der Waals surface area contributed by atoms with Crippen molar-refractivity contribution in [3.8, 4) is 0 Å². The number of anilines is 5. The Morgan fingerprint density at radius 3 is 1.10 bits per heavy atom. The first-order chi connectivity index (χ1) is 31.6. The summed E-state index contributed by atoms with van der Waals surface area (Å²) in [5.74, 6) is 0.0229. The molecule has 71 heavy (non-hydrogen) atoms. The van der Waals surface area contributed by atoms with E-state index >= 15 is 0 Å². The molecule has 0 aliphatic carbocycles. The van der Waals surface area contributed by atoms with E-state index in [0.717, 1.165) is 48.5 Å². The number of benzene rings is 6. The molecule has 4 N–H and O–H groups in total. The Morgan fingerprint density at radius 1 is 0.437 bits per heavy atom. The molecule has 7 rings (SSSR count). The molecule has 1 aromatic heterocycles. The molecule has 0 aliphatic heterocycles. The number of azo groups is 2. The second kappa shape index (κ2) is 26.0. The van der Waals surface area contributed by atoms with Gasteiger partial charge in [0.25, 0.3) is 0 Å². The van der Waals surface area contributed by atoms with Gasteiger partial charge in [0.05, 0.1) is 55.5 Å². The predicted octanol–water partition coefficient (Wildman–Crippen LogP) is -7.08. The predicted molar refractivity (Wildman–Crippen MR) is 234 cm³/mol. The van der Waals surface area contributed by atoms with Crippen LogP contribution in [0.2, 0.25) is 0 Å². The normalized spacial score (nSPS) is 11.9. The molecular weight excluding hydrogens is 1050 g/mol. The molecule has 0 spiro atoms. The van der Waals surface area contributed by atoms with E-state index in [1.807, 2.05) is 0 Å². The summed E-state index contributed by atoms with van der Waals surface area (Å²) in [7, 11) is -20.5. The zero-order valence-corrected chi connectivity index (χ0v) is 49.0. The van der Waals surface area contributed by atoms with Gasteiger partial charge in [-0.05, 0) is 84.9 Å². The molecule has 0 unspecified atom stereocenters. The smallest absolute Gasteiger partial charge is 0.744 e. The summed E-state index contributed by atoms with van der Waals surface area (Å²) in [6.07, 6.45) is 0. The standard InChI is InChI=1S/C39H34N10O14S4.4Na/c50-17-15-49(16-18-51)39-43-37(40-23-7-11-25(12-8-23)45-47-27-19-31-29(35(21-27)66(58,59)60)3-1-5-33(31)64(52,53)54)42-38(44-39)41-24-9-13-26(14-10-24)46-48-28-20-32-30(36(22-28)67(61,62)63)4-2-6-34(32)65(55,56)57;;;;/h1-14,19-22,50-51H,15-18H2,(H,52,53,54)(H,55,56,57)(H,58,59,60)(H,61,62,63)(H2,40,41,42,43,44);;;;/q;4*+1/p-4. The van der Waals surface area contributed by atoms with Crippen molar-refractivity contribution in [3.63, 3.8) is 0 Å². The zero-order chi connectivity index (χ0) is 48.3. The van der Waals surface area contributed by atoms with Crippen molar-refractivity contribution >= 4 is 114 Å². The fourth-order valence-corrected chi connectivity index (χ4v) is 9.26. The van der Waals surface area contributed by atoms with Gasteiger partial charge in [-0.25, -0.2) is 33.7 Å². The van der Waals surface area contributed by atoms with Gasteiger partial charge in [-0.2, -0.15) is 35.4 Å². The number of rotatable bonds is 17. The van der Waals surface area contributed by atoms with Gasteiger partial charge in [0.1, 0.15) is 40.5 Å². The molecule has 1 heterocycles. The van der Waals surface area contributed by atoms with E-state index in [1.54, 1.807) is 0 Å². The van der Waals surface area contributed by atoms with Crippen molar-refractivity contribution in [2.45, 2.75) is 19.6 Å². The summed E-state index contributed by atoms with van der Waals surface area (Å²) in [4.78, 5) is 11.6. The third kappa shape index (κ3) is 16.0. The van der Waals surface area contributed by atoms with Crippen LogP contribution in [0.3, 0.4) is 0 Å². The summed E-state index contributed by atoms with van der Waals surface area (Å²) in [6, 6.07) is 22.6. The largest absolute Gasteiger partial charge is 1.00 e. The first-order valence-electron chi connectivity index (χ1n) is 18.9. The molecule has 348 valence electrons. The van der Waals surface area contributed by atoms with Gasteiger partial charge >= 0.3 is 118 Å². The van der Waals surface area contributed by atoms with Gasteiger partial charge in [-0.3, -0.25) is 0 Å². The average Bonchev–Trinajstić information content (AvgIpc) is 3.26. The Bertz CT molecular complexity index is 3360. The van der Waals surface area contributed by atoms with Crippen molar-refractivity contribution in [2.75, 3.05) is 41.8 Å². The quantitative estimate of drug-likeness (QED) is 0.0374. The van der Waals surface area contributed by atoms with Gasteiger partial charge in [0.2, 0.25) is 17.8 Å². The van der Waals surface area contributed by atoms with E-state index in [-0.39, 0.29) is 207 Å². The number of hydrogen-bond acceptors (Lipinski definition) is 24. The van der Waals surface area contributed by atoms with Crippen LogP contribution in [0, 0.1) is 0 Å². The van der Waals surface area contributed by atoms with Crippen LogP contribution in [0.25, 0.3) is 21.5 Å². The summed E-state index contributed by atoms with van der Waals surface area (Å²) in [5, 5.41) is 40.2. The van der Waals surface area contributed by atoms with Crippen LogP contribution in [-0.4, -0.2) is 103 Å². The molecular formula is C39H30N10Na4O14S4. The van der Waals surface area contributed by atoms with Crippen LogP contribution in [0.4, 0.5) is 52.0 Å². The van der Waals surface area contributed by atoms with Crippen LogP contribution < -0.4 is 134 Å². The minimum atomic E-state index is -5.15. The summed E-state index contributed by atoms with van der Waals surface area (Å²) < 4.78 is 144. The van der Waals surface area contributed by atoms with E-state index in [9.17, 15) is 62.1 Å². The maximum Gasteiger partial charge on any atom is 1.00 e. The van der Waals surface area contributed by atoms with Gasteiger partial charge in [0, 0.05) is 46.0 Å². The van der Waals surface area contributed by atoms with E-state index in [2.05, 4.69) is 46.0 Å². The molecule has 0 radical (unpaired) electrons.